The fourth-order valence-electron chi connectivity index (χ4n) is 3.33. The molecule has 1 heterocycles. The minimum atomic E-state index is -1.17. The number of hydrogen-bond donors (Lipinski definition) is 0. The van der Waals surface area contributed by atoms with E-state index in [1.807, 2.05) is 30.3 Å². The van der Waals surface area contributed by atoms with E-state index in [2.05, 4.69) is 0 Å². The van der Waals surface area contributed by atoms with E-state index in [4.69, 9.17) is 28.2 Å². The van der Waals surface area contributed by atoms with Gasteiger partial charge in [0.25, 0.3) is 0 Å². The minimum absolute atomic E-state index is 0.237. The maximum absolute atomic E-state index is 11.7. The lowest BCUT2D eigenvalue weighted by molar-refractivity contribution is -0.254. The summed E-state index contributed by atoms with van der Waals surface area (Å²) in [6.07, 6.45) is 3.24. The smallest absolute Gasteiger partial charge is 0.0725 e. The molecular weight excluding hydrogens is 357 g/mol. The molecule has 3 nitrogen and oxygen atoms in total. The third-order valence-corrected chi connectivity index (χ3v) is 5.29. The zero-order valence-electron chi connectivity index (χ0n) is 13.1. The summed E-state index contributed by atoms with van der Waals surface area (Å²) in [5, 5.41) is 13.3. The van der Waals surface area contributed by atoms with Crippen LogP contribution in [0.15, 0.2) is 42.5 Å². The van der Waals surface area contributed by atoms with E-state index < -0.39 is 5.97 Å². The largest absolute Gasteiger partial charge is 0.545 e. The lowest BCUT2D eigenvalue weighted by atomic mass is 10.0. The van der Waals surface area contributed by atoms with E-state index in [9.17, 15) is 9.90 Å². The predicted molar refractivity (Wildman–Crippen MR) is 98.7 cm³/mol. The van der Waals surface area contributed by atoms with Crippen molar-refractivity contribution in [3.63, 3.8) is 0 Å². The first-order chi connectivity index (χ1) is 12.1. The van der Waals surface area contributed by atoms with Crippen LogP contribution in [0.3, 0.4) is 0 Å². The Bertz CT molecular complexity index is 1060. The maximum atomic E-state index is 11.7. The standard InChI is InChI=1S/C20H13Cl2NO2/c21-15-6-3-4-11(18(15)22)10-12-8-9-14-17(20(24)25)13-5-1-2-7-16(13)23-19(12)14/h1-7,10H,8-9H2,(H,24,25)/p-1/b12-10+. The summed E-state index contributed by atoms with van der Waals surface area (Å²) >= 11 is 12.4. The normalized spacial score (nSPS) is 14.9. The topological polar surface area (TPSA) is 53.0 Å². The lowest BCUT2D eigenvalue weighted by Crippen LogP contribution is -2.24. The molecule has 0 amide bonds. The van der Waals surface area contributed by atoms with Crippen molar-refractivity contribution in [1.82, 2.24) is 4.98 Å². The number of hydrogen-bond acceptors (Lipinski definition) is 3. The van der Waals surface area contributed by atoms with Gasteiger partial charge >= 0.3 is 0 Å². The zero-order chi connectivity index (χ0) is 17.6. The Hall–Kier alpha value is -2.36. The third kappa shape index (κ3) is 2.70. The number of halogens is 2. The molecule has 3 aromatic rings. The monoisotopic (exact) mass is 368 g/mol. The van der Waals surface area contributed by atoms with Crippen molar-refractivity contribution in [2.75, 3.05) is 0 Å². The summed E-state index contributed by atoms with van der Waals surface area (Å²) in [7, 11) is 0. The highest BCUT2D eigenvalue weighted by molar-refractivity contribution is 6.43. The van der Waals surface area contributed by atoms with Crippen LogP contribution in [-0.2, 0) is 6.42 Å². The molecule has 0 atom stereocenters. The Morgan fingerprint density at radius 2 is 1.88 bits per heavy atom. The summed E-state index contributed by atoms with van der Waals surface area (Å²) in [5.41, 5.74) is 4.05. The van der Waals surface area contributed by atoms with E-state index >= 15 is 0 Å². The number of rotatable bonds is 2. The minimum Gasteiger partial charge on any atom is -0.545 e. The molecule has 4 rings (SSSR count). The molecule has 1 aromatic heterocycles. The number of carboxylic acid groups (broad SMARTS) is 1. The molecule has 0 saturated carbocycles. The fourth-order valence-corrected chi connectivity index (χ4v) is 3.69. The molecule has 0 fully saturated rings. The molecule has 2 aromatic carbocycles. The van der Waals surface area contributed by atoms with Crippen molar-refractivity contribution in [2.45, 2.75) is 12.8 Å². The van der Waals surface area contributed by atoms with Crippen LogP contribution in [0.25, 0.3) is 22.6 Å². The first-order valence-corrected chi connectivity index (χ1v) is 8.60. The number of carboxylic acids is 1. The van der Waals surface area contributed by atoms with Gasteiger partial charge in [0.15, 0.2) is 0 Å². The molecule has 0 radical (unpaired) electrons. The van der Waals surface area contributed by atoms with E-state index in [0.717, 1.165) is 16.7 Å². The van der Waals surface area contributed by atoms with Crippen molar-refractivity contribution < 1.29 is 9.90 Å². The number of para-hydroxylation sites is 1. The zero-order valence-corrected chi connectivity index (χ0v) is 14.6. The number of benzene rings is 2. The number of aromatic carboxylic acids is 1. The van der Waals surface area contributed by atoms with Crippen LogP contribution >= 0.6 is 23.2 Å². The van der Waals surface area contributed by atoms with Gasteiger partial charge in [-0.05, 0) is 47.8 Å². The predicted octanol–water partition coefficient (Wildman–Crippen LogP) is 4.39. The number of nitrogens with zero attached hydrogens (tertiary/aromatic N) is 1. The first-order valence-electron chi connectivity index (χ1n) is 7.84. The van der Waals surface area contributed by atoms with Gasteiger partial charge in [0.05, 0.1) is 27.2 Å². The van der Waals surface area contributed by atoms with Crippen LogP contribution in [0.5, 0.6) is 0 Å². The first kappa shape index (κ1) is 16.1. The van der Waals surface area contributed by atoms with Gasteiger partial charge in [0.1, 0.15) is 0 Å². The Morgan fingerprint density at radius 1 is 1.08 bits per heavy atom. The van der Waals surface area contributed by atoms with E-state index in [-0.39, 0.29) is 5.56 Å². The number of allylic oxidation sites excluding steroid dienone is 1. The van der Waals surface area contributed by atoms with Gasteiger partial charge in [-0.2, -0.15) is 0 Å². The summed E-state index contributed by atoms with van der Waals surface area (Å²) in [6, 6.07) is 12.7. The fraction of sp³-hybridized carbons (Fsp3) is 0.100. The summed E-state index contributed by atoms with van der Waals surface area (Å²) in [4.78, 5) is 16.4. The van der Waals surface area contributed by atoms with Gasteiger partial charge in [-0.25, -0.2) is 4.98 Å². The van der Waals surface area contributed by atoms with E-state index in [1.54, 1.807) is 18.2 Å². The molecule has 124 valence electrons. The highest BCUT2D eigenvalue weighted by atomic mass is 35.5. The van der Waals surface area contributed by atoms with Gasteiger partial charge in [-0.15, -0.1) is 0 Å². The second kappa shape index (κ2) is 6.17. The van der Waals surface area contributed by atoms with Gasteiger partial charge in [0.2, 0.25) is 0 Å². The summed E-state index contributed by atoms with van der Waals surface area (Å²) in [5.74, 6) is -1.17. The van der Waals surface area contributed by atoms with Crippen molar-refractivity contribution >= 4 is 51.7 Å². The Balaban J connectivity index is 1.95. The molecule has 0 aliphatic heterocycles. The quantitative estimate of drug-likeness (QED) is 0.673. The highest BCUT2D eigenvalue weighted by Crippen LogP contribution is 2.38. The Kier molecular flexibility index (Phi) is 3.98. The Labute approximate surface area is 154 Å². The van der Waals surface area contributed by atoms with E-state index in [1.165, 1.54) is 0 Å². The summed E-state index contributed by atoms with van der Waals surface area (Å²) in [6.45, 7) is 0. The molecule has 25 heavy (non-hydrogen) atoms. The average molecular weight is 369 g/mol. The number of aromatic nitrogens is 1. The number of carbonyl (C=O) groups is 1. The van der Waals surface area contributed by atoms with Crippen molar-refractivity contribution in [3.8, 4) is 0 Å². The molecule has 0 bridgehead atoms. The molecule has 1 aliphatic rings. The van der Waals surface area contributed by atoms with E-state index in [0.29, 0.717) is 39.5 Å². The van der Waals surface area contributed by atoms with Crippen LogP contribution in [0, 0.1) is 0 Å². The van der Waals surface area contributed by atoms with Crippen LogP contribution in [0.4, 0.5) is 0 Å². The van der Waals surface area contributed by atoms with Crippen molar-refractivity contribution in [2.24, 2.45) is 0 Å². The number of pyridine rings is 1. The Morgan fingerprint density at radius 3 is 2.68 bits per heavy atom. The van der Waals surface area contributed by atoms with Crippen LogP contribution < -0.4 is 5.11 Å². The van der Waals surface area contributed by atoms with Gasteiger partial charge in [-0.1, -0.05) is 53.5 Å². The molecule has 0 unspecified atom stereocenters. The highest BCUT2D eigenvalue weighted by Gasteiger charge is 2.24. The van der Waals surface area contributed by atoms with Crippen molar-refractivity contribution in [1.29, 1.82) is 0 Å². The maximum Gasteiger partial charge on any atom is 0.0725 e. The second-order valence-corrected chi connectivity index (χ2v) is 6.72. The van der Waals surface area contributed by atoms with Crippen molar-refractivity contribution in [3.05, 3.63) is 74.9 Å². The molecule has 0 saturated heterocycles. The molecule has 0 spiro atoms. The van der Waals surface area contributed by atoms with Gasteiger partial charge < -0.3 is 9.90 Å². The molecule has 0 N–H and O–H groups in total. The summed E-state index contributed by atoms with van der Waals surface area (Å²) < 4.78 is 0. The molecule has 1 aliphatic carbocycles. The number of carbonyl (C=O) groups excluding carboxylic acids is 1. The molecular formula is C20H12Cl2NO2-. The van der Waals surface area contributed by atoms with Gasteiger partial charge in [-0.3, -0.25) is 0 Å². The lowest BCUT2D eigenvalue weighted by Gasteiger charge is -2.13. The van der Waals surface area contributed by atoms with Crippen LogP contribution in [0.2, 0.25) is 10.0 Å². The second-order valence-electron chi connectivity index (χ2n) is 5.93. The molecule has 5 heteroatoms. The van der Waals surface area contributed by atoms with Crippen LogP contribution in [0.1, 0.15) is 33.6 Å². The van der Waals surface area contributed by atoms with Crippen LogP contribution in [-0.4, -0.2) is 11.0 Å². The SMILES string of the molecule is O=C([O-])c1c2c(nc3ccccc13)/C(=C/c1cccc(Cl)c1Cl)CC2. The van der Waals surface area contributed by atoms with Gasteiger partial charge in [0, 0.05) is 10.9 Å². The third-order valence-electron chi connectivity index (χ3n) is 4.46. The average Bonchev–Trinajstić information content (AvgIpc) is 2.99. The number of fused-ring (bicyclic) bond motifs is 2.